The highest BCUT2D eigenvalue weighted by molar-refractivity contribution is 5.20. The van der Waals surface area contributed by atoms with Gasteiger partial charge < -0.3 is 5.11 Å². The van der Waals surface area contributed by atoms with Crippen LogP contribution >= 0.6 is 0 Å². The third-order valence-corrected chi connectivity index (χ3v) is 5.85. The van der Waals surface area contributed by atoms with Gasteiger partial charge in [0.05, 0.1) is 0 Å². The van der Waals surface area contributed by atoms with Crippen molar-refractivity contribution in [3.05, 3.63) is 42.5 Å². The van der Waals surface area contributed by atoms with Gasteiger partial charge in [0.25, 0.3) is 0 Å². The van der Waals surface area contributed by atoms with Gasteiger partial charge in [-0.15, -0.1) is 0 Å². The minimum Gasteiger partial charge on any atom is -0.396 e. The summed E-state index contributed by atoms with van der Waals surface area (Å²) in [6, 6.07) is 7.25. The largest absolute Gasteiger partial charge is 0.396 e. The lowest BCUT2D eigenvalue weighted by Crippen LogP contribution is -2.56. The van der Waals surface area contributed by atoms with E-state index in [2.05, 4.69) is 36.5 Å². The van der Waals surface area contributed by atoms with E-state index in [1.54, 1.807) is 12.4 Å². The van der Waals surface area contributed by atoms with E-state index >= 15 is 0 Å². The molecule has 1 N–H and O–H groups in total. The number of hydrogen-bond donors (Lipinski definition) is 1. The molecule has 6 heteroatoms. The first kappa shape index (κ1) is 17.6. The Morgan fingerprint density at radius 1 is 1.08 bits per heavy atom. The Bertz CT molecular complexity index is 683. The number of nitrogens with zero attached hydrogens (tertiary/aromatic N) is 5. The SMILES string of the molecule is OCC[C@H]1CN(Cc2cccn2-c2ncccn2)CCN1C1CCCC1. The van der Waals surface area contributed by atoms with E-state index in [9.17, 15) is 5.11 Å². The van der Waals surface area contributed by atoms with E-state index in [1.807, 2.05) is 12.3 Å². The normalized spacial score (nSPS) is 22.9. The summed E-state index contributed by atoms with van der Waals surface area (Å²) in [5, 5.41) is 9.55. The third-order valence-electron chi connectivity index (χ3n) is 5.85. The predicted molar refractivity (Wildman–Crippen MR) is 101 cm³/mol. The molecule has 0 radical (unpaired) electrons. The van der Waals surface area contributed by atoms with Crippen LogP contribution in [0.25, 0.3) is 5.95 Å². The van der Waals surface area contributed by atoms with Crippen molar-refractivity contribution in [2.24, 2.45) is 0 Å². The molecule has 0 amide bonds. The molecule has 3 heterocycles. The molecule has 2 aromatic rings. The summed E-state index contributed by atoms with van der Waals surface area (Å²) in [6.07, 6.45) is 11.9. The van der Waals surface area contributed by atoms with Crippen molar-refractivity contribution in [3.8, 4) is 5.95 Å². The molecular weight excluding hydrogens is 326 g/mol. The first-order valence-corrected chi connectivity index (χ1v) is 9.88. The van der Waals surface area contributed by atoms with Crippen LogP contribution in [0.3, 0.4) is 0 Å². The highest BCUT2D eigenvalue weighted by Gasteiger charge is 2.33. The van der Waals surface area contributed by atoms with Gasteiger partial charge in [0.15, 0.2) is 0 Å². The van der Waals surface area contributed by atoms with Gasteiger partial charge in [0, 0.05) is 69.2 Å². The summed E-state index contributed by atoms with van der Waals surface area (Å²) in [6.45, 7) is 4.39. The van der Waals surface area contributed by atoms with Gasteiger partial charge in [0.1, 0.15) is 0 Å². The van der Waals surface area contributed by atoms with E-state index in [0.717, 1.165) is 44.6 Å². The van der Waals surface area contributed by atoms with Gasteiger partial charge in [-0.3, -0.25) is 14.4 Å². The molecule has 1 saturated heterocycles. The van der Waals surface area contributed by atoms with Gasteiger partial charge in [-0.05, 0) is 37.5 Å². The quantitative estimate of drug-likeness (QED) is 0.860. The van der Waals surface area contributed by atoms with E-state index in [1.165, 1.54) is 31.4 Å². The molecule has 6 nitrogen and oxygen atoms in total. The Labute approximate surface area is 155 Å². The molecule has 1 saturated carbocycles. The van der Waals surface area contributed by atoms with Gasteiger partial charge >= 0.3 is 0 Å². The fourth-order valence-electron chi connectivity index (χ4n) is 4.58. The first-order valence-electron chi connectivity index (χ1n) is 9.88. The standard InChI is InChI=1S/C20H29N5O/c26-14-8-19-16-23(12-13-24(19)17-5-1-2-6-17)15-18-7-3-11-25(18)20-21-9-4-10-22-20/h3-4,7,9-11,17,19,26H,1-2,5-6,8,12-16H2/t19-/m0/s1. The number of hydrogen-bond acceptors (Lipinski definition) is 5. The van der Waals surface area contributed by atoms with Crippen molar-refractivity contribution < 1.29 is 5.11 Å². The van der Waals surface area contributed by atoms with Crippen LogP contribution in [0.2, 0.25) is 0 Å². The molecule has 4 rings (SSSR count). The zero-order valence-corrected chi connectivity index (χ0v) is 15.4. The monoisotopic (exact) mass is 355 g/mol. The zero-order valence-electron chi connectivity index (χ0n) is 15.4. The maximum atomic E-state index is 9.55. The summed E-state index contributed by atoms with van der Waals surface area (Å²) in [5.41, 5.74) is 1.22. The fourth-order valence-corrected chi connectivity index (χ4v) is 4.58. The number of aliphatic hydroxyl groups is 1. The molecule has 2 aromatic heterocycles. The minimum absolute atomic E-state index is 0.274. The number of piperazine rings is 1. The van der Waals surface area contributed by atoms with Crippen LogP contribution in [-0.2, 0) is 6.54 Å². The lowest BCUT2D eigenvalue weighted by molar-refractivity contribution is 0.0261. The molecular formula is C20H29N5O. The maximum absolute atomic E-state index is 9.55. The second-order valence-corrected chi connectivity index (χ2v) is 7.50. The second kappa shape index (κ2) is 8.29. The number of rotatable bonds is 6. The van der Waals surface area contributed by atoms with Crippen LogP contribution in [0.4, 0.5) is 0 Å². The molecule has 1 aliphatic heterocycles. The van der Waals surface area contributed by atoms with Crippen LogP contribution in [0.15, 0.2) is 36.8 Å². The summed E-state index contributed by atoms with van der Waals surface area (Å²) >= 11 is 0. The van der Waals surface area contributed by atoms with E-state index in [4.69, 9.17) is 0 Å². The first-order chi connectivity index (χ1) is 12.8. The topological polar surface area (TPSA) is 57.4 Å². The molecule has 1 atom stereocenters. The molecule has 0 aromatic carbocycles. The van der Waals surface area contributed by atoms with Crippen LogP contribution in [-0.4, -0.2) is 67.8 Å². The number of aromatic nitrogens is 3. The Kier molecular flexibility index (Phi) is 5.62. The van der Waals surface area contributed by atoms with Gasteiger partial charge in [-0.1, -0.05) is 12.8 Å². The van der Waals surface area contributed by atoms with Crippen LogP contribution in [0.1, 0.15) is 37.8 Å². The second-order valence-electron chi connectivity index (χ2n) is 7.50. The van der Waals surface area contributed by atoms with Crippen molar-refractivity contribution in [1.82, 2.24) is 24.3 Å². The highest BCUT2D eigenvalue weighted by Crippen LogP contribution is 2.28. The van der Waals surface area contributed by atoms with Crippen molar-refractivity contribution >= 4 is 0 Å². The Balaban J connectivity index is 1.44. The molecule has 0 unspecified atom stereocenters. The molecule has 2 aliphatic rings. The van der Waals surface area contributed by atoms with Crippen LogP contribution in [0, 0.1) is 0 Å². The average Bonchev–Trinajstić information content (AvgIpc) is 3.35. The molecule has 2 fully saturated rings. The Morgan fingerprint density at radius 3 is 2.65 bits per heavy atom. The Hall–Kier alpha value is -1.76. The van der Waals surface area contributed by atoms with Crippen molar-refractivity contribution in [2.75, 3.05) is 26.2 Å². The van der Waals surface area contributed by atoms with Crippen molar-refractivity contribution in [2.45, 2.75) is 50.7 Å². The lowest BCUT2D eigenvalue weighted by Gasteiger charge is -2.44. The third kappa shape index (κ3) is 3.82. The molecule has 0 bridgehead atoms. The van der Waals surface area contributed by atoms with Crippen LogP contribution in [0.5, 0.6) is 0 Å². The van der Waals surface area contributed by atoms with Gasteiger partial charge in [0.2, 0.25) is 5.95 Å². The average molecular weight is 355 g/mol. The summed E-state index contributed by atoms with van der Waals surface area (Å²) < 4.78 is 2.07. The van der Waals surface area contributed by atoms with E-state index in [0.29, 0.717) is 6.04 Å². The molecule has 140 valence electrons. The molecule has 0 spiro atoms. The van der Waals surface area contributed by atoms with Gasteiger partial charge in [-0.25, -0.2) is 9.97 Å². The zero-order chi connectivity index (χ0) is 17.8. The number of aliphatic hydroxyl groups excluding tert-OH is 1. The van der Waals surface area contributed by atoms with Gasteiger partial charge in [-0.2, -0.15) is 0 Å². The fraction of sp³-hybridized carbons (Fsp3) is 0.600. The lowest BCUT2D eigenvalue weighted by atomic mass is 10.0. The van der Waals surface area contributed by atoms with E-state index in [-0.39, 0.29) is 6.61 Å². The highest BCUT2D eigenvalue weighted by atomic mass is 16.3. The predicted octanol–water partition coefficient (Wildman–Crippen LogP) is 2.08. The summed E-state index contributed by atoms with van der Waals surface area (Å²) in [5.74, 6) is 0.726. The van der Waals surface area contributed by atoms with Crippen molar-refractivity contribution in [3.63, 3.8) is 0 Å². The summed E-state index contributed by atoms with van der Waals surface area (Å²) in [4.78, 5) is 13.9. The minimum atomic E-state index is 0.274. The smallest absolute Gasteiger partial charge is 0.233 e. The maximum Gasteiger partial charge on any atom is 0.233 e. The van der Waals surface area contributed by atoms with Crippen LogP contribution < -0.4 is 0 Å². The van der Waals surface area contributed by atoms with Crippen molar-refractivity contribution in [1.29, 1.82) is 0 Å². The van der Waals surface area contributed by atoms with E-state index < -0.39 is 0 Å². The molecule has 26 heavy (non-hydrogen) atoms. The summed E-state index contributed by atoms with van der Waals surface area (Å²) in [7, 11) is 0. The molecule has 1 aliphatic carbocycles. The Morgan fingerprint density at radius 2 is 1.88 bits per heavy atom.